The van der Waals surface area contributed by atoms with Crippen molar-refractivity contribution in [2.24, 2.45) is 0 Å². The van der Waals surface area contributed by atoms with Crippen LogP contribution in [0.4, 0.5) is 0 Å². The zero-order valence-electron chi connectivity index (χ0n) is 14.1. The molecule has 118 valence electrons. The second kappa shape index (κ2) is 13.7. The largest absolute Gasteiger partial charge is 0.0853 e. The summed E-state index contributed by atoms with van der Waals surface area (Å²) >= 11 is 0. The third kappa shape index (κ3) is 10.5. The molecular formula is C20H38. The van der Waals surface area contributed by atoms with Gasteiger partial charge in [-0.3, -0.25) is 0 Å². The van der Waals surface area contributed by atoms with Crippen LogP contribution in [0.5, 0.6) is 0 Å². The van der Waals surface area contributed by atoms with Gasteiger partial charge in [0, 0.05) is 0 Å². The maximum atomic E-state index is 2.52. The summed E-state index contributed by atoms with van der Waals surface area (Å²) in [4.78, 5) is 0. The normalized spacial score (nSPS) is 15.3. The van der Waals surface area contributed by atoms with E-state index in [0.717, 1.165) is 0 Å². The average Bonchev–Trinajstić information content (AvgIpc) is 2.49. The van der Waals surface area contributed by atoms with Crippen LogP contribution in [0.3, 0.4) is 0 Å². The Bertz CT molecular complexity index is 226. The fraction of sp³-hybridized carbons (Fsp3) is 0.900. The van der Waals surface area contributed by atoms with Crippen LogP contribution >= 0.6 is 0 Å². The maximum Gasteiger partial charge on any atom is -0.0320 e. The van der Waals surface area contributed by atoms with Crippen molar-refractivity contribution >= 4 is 0 Å². The van der Waals surface area contributed by atoms with Crippen LogP contribution in [0.1, 0.15) is 116 Å². The highest BCUT2D eigenvalue weighted by atomic mass is 14.1. The van der Waals surface area contributed by atoms with E-state index in [1.807, 2.05) is 0 Å². The van der Waals surface area contributed by atoms with Crippen LogP contribution in [0.15, 0.2) is 11.6 Å². The molecule has 1 aliphatic rings. The predicted octanol–water partition coefficient (Wildman–Crippen LogP) is 7.58. The monoisotopic (exact) mass is 278 g/mol. The van der Waals surface area contributed by atoms with Crippen molar-refractivity contribution in [1.82, 2.24) is 0 Å². The molecule has 20 heavy (non-hydrogen) atoms. The van der Waals surface area contributed by atoms with Gasteiger partial charge in [-0.1, -0.05) is 89.2 Å². The van der Waals surface area contributed by atoms with Crippen LogP contribution in [0.2, 0.25) is 0 Å². The Hall–Kier alpha value is -0.260. The molecule has 0 radical (unpaired) electrons. The summed E-state index contributed by atoms with van der Waals surface area (Å²) in [6, 6.07) is 0. The van der Waals surface area contributed by atoms with Crippen molar-refractivity contribution in [2.75, 3.05) is 0 Å². The number of unbranched alkanes of at least 4 members (excludes halogenated alkanes) is 11. The van der Waals surface area contributed by atoms with Gasteiger partial charge in [0.05, 0.1) is 0 Å². The summed E-state index contributed by atoms with van der Waals surface area (Å²) in [6.07, 6.45) is 27.1. The van der Waals surface area contributed by atoms with Crippen LogP contribution in [0.25, 0.3) is 0 Å². The average molecular weight is 279 g/mol. The van der Waals surface area contributed by atoms with Crippen molar-refractivity contribution in [3.63, 3.8) is 0 Å². The molecule has 0 saturated heterocycles. The van der Waals surface area contributed by atoms with E-state index in [0.29, 0.717) is 0 Å². The lowest BCUT2D eigenvalue weighted by atomic mass is 9.95. The zero-order chi connectivity index (χ0) is 14.3. The van der Waals surface area contributed by atoms with E-state index in [2.05, 4.69) is 13.0 Å². The highest BCUT2D eigenvalue weighted by Gasteiger charge is 2.02. The predicted molar refractivity (Wildman–Crippen MR) is 92.2 cm³/mol. The van der Waals surface area contributed by atoms with E-state index in [4.69, 9.17) is 0 Å². The van der Waals surface area contributed by atoms with Gasteiger partial charge in [0.25, 0.3) is 0 Å². The molecule has 0 nitrogen and oxygen atoms in total. The summed E-state index contributed by atoms with van der Waals surface area (Å²) in [5.41, 5.74) is 1.77. The topological polar surface area (TPSA) is 0 Å². The third-order valence-electron chi connectivity index (χ3n) is 4.74. The van der Waals surface area contributed by atoms with Crippen LogP contribution in [-0.2, 0) is 0 Å². The lowest BCUT2D eigenvalue weighted by molar-refractivity contribution is 0.541. The van der Waals surface area contributed by atoms with Gasteiger partial charge in [-0.2, -0.15) is 0 Å². The molecule has 0 amide bonds. The molecule has 0 fully saturated rings. The molecule has 1 aliphatic carbocycles. The highest BCUT2D eigenvalue weighted by molar-refractivity contribution is 5.04. The minimum absolute atomic E-state index is 1.35. The van der Waals surface area contributed by atoms with E-state index in [1.165, 1.54) is 109 Å². The first-order valence-corrected chi connectivity index (χ1v) is 9.61. The summed E-state index contributed by atoms with van der Waals surface area (Å²) in [5.74, 6) is 0. The van der Waals surface area contributed by atoms with Crippen LogP contribution in [-0.4, -0.2) is 0 Å². The number of hydrogen-bond acceptors (Lipinski definition) is 0. The zero-order valence-corrected chi connectivity index (χ0v) is 14.1. The SMILES string of the molecule is CCCCCCCCCCCCCCC1=CCCCC1. The molecule has 1 rings (SSSR count). The van der Waals surface area contributed by atoms with Crippen molar-refractivity contribution in [3.8, 4) is 0 Å². The van der Waals surface area contributed by atoms with E-state index in [-0.39, 0.29) is 0 Å². The number of rotatable bonds is 13. The Morgan fingerprint density at radius 1 is 0.700 bits per heavy atom. The molecule has 0 spiro atoms. The van der Waals surface area contributed by atoms with Gasteiger partial charge >= 0.3 is 0 Å². The molecule has 0 heterocycles. The van der Waals surface area contributed by atoms with Gasteiger partial charge in [0.15, 0.2) is 0 Å². The first-order valence-electron chi connectivity index (χ1n) is 9.61. The summed E-state index contributed by atoms with van der Waals surface area (Å²) in [7, 11) is 0. The summed E-state index contributed by atoms with van der Waals surface area (Å²) < 4.78 is 0. The van der Waals surface area contributed by atoms with Gasteiger partial charge in [0.1, 0.15) is 0 Å². The quantitative estimate of drug-likeness (QED) is 0.240. The molecule has 0 aromatic rings. The van der Waals surface area contributed by atoms with Gasteiger partial charge in [-0.25, -0.2) is 0 Å². The third-order valence-corrected chi connectivity index (χ3v) is 4.74. The first-order chi connectivity index (χ1) is 9.93. The molecule has 0 aromatic heterocycles. The van der Waals surface area contributed by atoms with E-state index in [1.54, 1.807) is 5.57 Å². The summed E-state index contributed by atoms with van der Waals surface area (Å²) in [6.45, 7) is 2.30. The van der Waals surface area contributed by atoms with Crippen molar-refractivity contribution in [3.05, 3.63) is 11.6 Å². The van der Waals surface area contributed by atoms with Crippen molar-refractivity contribution < 1.29 is 0 Å². The van der Waals surface area contributed by atoms with E-state index in [9.17, 15) is 0 Å². The Morgan fingerprint density at radius 3 is 1.75 bits per heavy atom. The second-order valence-corrected chi connectivity index (χ2v) is 6.75. The van der Waals surface area contributed by atoms with Gasteiger partial charge in [-0.05, 0) is 38.5 Å². The Kier molecular flexibility index (Phi) is 12.2. The molecule has 0 bridgehead atoms. The van der Waals surface area contributed by atoms with Gasteiger partial charge < -0.3 is 0 Å². The van der Waals surface area contributed by atoms with Crippen molar-refractivity contribution in [2.45, 2.75) is 116 Å². The molecule has 0 heteroatoms. The summed E-state index contributed by atoms with van der Waals surface area (Å²) in [5, 5.41) is 0. The Labute approximate surface area is 128 Å². The van der Waals surface area contributed by atoms with E-state index < -0.39 is 0 Å². The van der Waals surface area contributed by atoms with Gasteiger partial charge in [-0.15, -0.1) is 0 Å². The highest BCUT2D eigenvalue weighted by Crippen LogP contribution is 2.22. The minimum atomic E-state index is 1.35. The van der Waals surface area contributed by atoms with Crippen LogP contribution < -0.4 is 0 Å². The molecule has 0 N–H and O–H groups in total. The Balaban J connectivity index is 1.73. The lowest BCUT2D eigenvalue weighted by Gasteiger charge is -2.12. The fourth-order valence-electron chi connectivity index (χ4n) is 3.32. The minimum Gasteiger partial charge on any atom is -0.0853 e. The lowest BCUT2D eigenvalue weighted by Crippen LogP contribution is -1.92. The molecule has 0 aliphatic heterocycles. The smallest absolute Gasteiger partial charge is 0.0320 e. The molecule has 0 atom stereocenters. The molecule has 0 aromatic carbocycles. The van der Waals surface area contributed by atoms with E-state index >= 15 is 0 Å². The molecular weight excluding hydrogens is 240 g/mol. The Morgan fingerprint density at radius 2 is 1.25 bits per heavy atom. The number of allylic oxidation sites excluding steroid dienone is 2. The second-order valence-electron chi connectivity index (χ2n) is 6.75. The van der Waals surface area contributed by atoms with Gasteiger partial charge in [0.2, 0.25) is 0 Å². The standard InChI is InChI=1S/C20H38/c1-2-3-4-5-6-7-8-9-10-11-12-14-17-20-18-15-13-16-19-20/h18H,2-17,19H2,1H3. The molecule has 0 saturated carbocycles. The maximum absolute atomic E-state index is 2.52. The fourth-order valence-corrected chi connectivity index (χ4v) is 3.32. The first kappa shape index (κ1) is 17.8. The van der Waals surface area contributed by atoms with Crippen molar-refractivity contribution in [1.29, 1.82) is 0 Å². The molecule has 0 unspecified atom stereocenters. The van der Waals surface area contributed by atoms with Crippen LogP contribution in [0, 0.1) is 0 Å². The number of hydrogen-bond donors (Lipinski definition) is 0.